The van der Waals surface area contributed by atoms with Gasteiger partial charge in [-0.05, 0) is 34.7 Å². The molecular formula is C10H8N5O. The number of hydrogen-bond donors (Lipinski definition) is 2. The highest BCUT2D eigenvalue weighted by molar-refractivity contribution is 5.89. The summed E-state index contributed by atoms with van der Waals surface area (Å²) in [5.74, 6) is 1.37. The lowest BCUT2D eigenvalue weighted by molar-refractivity contribution is 0.420. The number of tetrazole rings is 1. The molecule has 3 rings (SSSR count). The molecule has 0 atom stereocenters. The lowest BCUT2D eigenvalue weighted by Gasteiger charge is -1.98. The van der Waals surface area contributed by atoms with E-state index in [1.54, 1.807) is 13.2 Å². The van der Waals surface area contributed by atoms with Gasteiger partial charge < -0.3 is 9.72 Å². The van der Waals surface area contributed by atoms with Crippen molar-refractivity contribution in [3.8, 4) is 17.3 Å². The molecule has 0 spiro atoms. The van der Waals surface area contributed by atoms with Gasteiger partial charge in [-0.3, -0.25) is 0 Å². The number of aromatic nitrogens is 5. The maximum Gasteiger partial charge on any atom is 0.195 e. The first kappa shape index (κ1) is 8.90. The Balaban J connectivity index is 2.23. The summed E-state index contributed by atoms with van der Waals surface area (Å²) in [5.41, 5.74) is 1.75. The molecule has 1 aromatic carbocycles. The van der Waals surface area contributed by atoms with E-state index in [1.165, 1.54) is 0 Å². The van der Waals surface area contributed by atoms with E-state index in [9.17, 15) is 0 Å². The fourth-order valence-corrected chi connectivity index (χ4v) is 1.64. The normalized spacial score (nSPS) is 10.8. The average Bonchev–Trinajstić information content (AvgIpc) is 2.96. The van der Waals surface area contributed by atoms with Crippen LogP contribution in [0, 0.1) is 6.07 Å². The van der Waals surface area contributed by atoms with Crippen LogP contribution in [0.3, 0.4) is 0 Å². The summed E-state index contributed by atoms with van der Waals surface area (Å²) >= 11 is 0. The van der Waals surface area contributed by atoms with E-state index in [4.69, 9.17) is 4.74 Å². The van der Waals surface area contributed by atoms with Crippen molar-refractivity contribution in [2.75, 3.05) is 7.11 Å². The van der Waals surface area contributed by atoms with Crippen molar-refractivity contribution in [2.24, 2.45) is 0 Å². The van der Waals surface area contributed by atoms with Crippen LogP contribution in [0.25, 0.3) is 22.4 Å². The standard InChI is InChI=1S/C10H8N5O/c1-16-9-4-2-3-7-6(9)5-8(11-7)10-12-14-15-13-10/h3-5,11H,1H3,(H,12,13,14,15). The van der Waals surface area contributed by atoms with Crippen molar-refractivity contribution in [1.82, 2.24) is 25.6 Å². The van der Waals surface area contributed by atoms with Crippen molar-refractivity contribution in [1.29, 1.82) is 0 Å². The quantitative estimate of drug-likeness (QED) is 0.670. The number of benzene rings is 1. The third kappa shape index (κ3) is 1.23. The molecule has 0 aliphatic heterocycles. The maximum atomic E-state index is 5.25. The van der Waals surface area contributed by atoms with Gasteiger partial charge in [0.1, 0.15) is 5.75 Å². The van der Waals surface area contributed by atoms with Crippen LogP contribution in [0.1, 0.15) is 0 Å². The molecule has 0 bridgehead atoms. The number of rotatable bonds is 2. The van der Waals surface area contributed by atoms with Crippen molar-refractivity contribution >= 4 is 10.9 Å². The molecule has 3 aromatic rings. The Morgan fingerprint density at radius 3 is 3.06 bits per heavy atom. The van der Waals surface area contributed by atoms with Gasteiger partial charge in [0, 0.05) is 5.39 Å². The van der Waals surface area contributed by atoms with Crippen molar-refractivity contribution in [2.45, 2.75) is 0 Å². The second kappa shape index (κ2) is 3.34. The van der Waals surface area contributed by atoms with Gasteiger partial charge in [-0.1, -0.05) is 0 Å². The number of nitrogens with zero attached hydrogens (tertiary/aromatic N) is 3. The number of aromatic amines is 2. The molecule has 6 heteroatoms. The fraction of sp³-hybridized carbons (Fsp3) is 0.100. The van der Waals surface area contributed by atoms with E-state index in [0.717, 1.165) is 22.3 Å². The Bertz CT molecular complexity index is 613. The van der Waals surface area contributed by atoms with Gasteiger partial charge in [-0.15, -0.1) is 5.10 Å². The number of hydrogen-bond acceptors (Lipinski definition) is 4. The first-order chi connectivity index (χ1) is 7.88. The predicted molar refractivity (Wildman–Crippen MR) is 56.9 cm³/mol. The van der Waals surface area contributed by atoms with Gasteiger partial charge >= 0.3 is 0 Å². The monoisotopic (exact) mass is 214 g/mol. The number of fused-ring (bicyclic) bond motifs is 1. The Morgan fingerprint density at radius 1 is 1.38 bits per heavy atom. The van der Waals surface area contributed by atoms with Crippen molar-refractivity contribution in [3.05, 3.63) is 24.3 Å². The summed E-state index contributed by atoms with van der Waals surface area (Å²) in [5, 5.41) is 14.6. The van der Waals surface area contributed by atoms with E-state index < -0.39 is 0 Å². The molecule has 79 valence electrons. The van der Waals surface area contributed by atoms with Crippen LogP contribution in [-0.2, 0) is 0 Å². The zero-order chi connectivity index (χ0) is 11.0. The third-order valence-electron chi connectivity index (χ3n) is 2.38. The van der Waals surface area contributed by atoms with Crippen molar-refractivity contribution in [3.63, 3.8) is 0 Å². The van der Waals surface area contributed by atoms with Gasteiger partial charge in [-0.25, -0.2) is 5.10 Å². The first-order valence-corrected chi connectivity index (χ1v) is 4.69. The molecule has 0 saturated heterocycles. The highest BCUT2D eigenvalue weighted by atomic mass is 16.5. The van der Waals surface area contributed by atoms with Gasteiger partial charge in [0.15, 0.2) is 5.82 Å². The molecule has 0 aliphatic rings. The van der Waals surface area contributed by atoms with Gasteiger partial charge in [0.25, 0.3) is 0 Å². The smallest absolute Gasteiger partial charge is 0.195 e. The summed E-state index contributed by atoms with van der Waals surface area (Å²) in [6, 6.07) is 8.57. The van der Waals surface area contributed by atoms with Crippen LogP contribution in [0.15, 0.2) is 18.2 Å². The Kier molecular flexibility index (Phi) is 1.86. The molecule has 0 aliphatic carbocycles. The van der Waals surface area contributed by atoms with E-state index >= 15 is 0 Å². The number of H-pyrrole nitrogens is 2. The van der Waals surface area contributed by atoms with E-state index in [-0.39, 0.29) is 0 Å². The Morgan fingerprint density at radius 2 is 2.31 bits per heavy atom. The summed E-state index contributed by atoms with van der Waals surface area (Å²) in [6.07, 6.45) is 0. The second-order valence-corrected chi connectivity index (χ2v) is 3.28. The number of nitrogens with one attached hydrogen (secondary N) is 2. The molecular weight excluding hydrogens is 206 g/mol. The van der Waals surface area contributed by atoms with E-state index in [1.807, 2.05) is 12.1 Å². The maximum absolute atomic E-state index is 5.25. The van der Waals surface area contributed by atoms with Crippen LogP contribution >= 0.6 is 0 Å². The summed E-state index contributed by atoms with van der Waals surface area (Å²) < 4.78 is 5.25. The van der Waals surface area contributed by atoms with E-state index in [2.05, 4.69) is 31.7 Å². The predicted octanol–water partition coefficient (Wildman–Crippen LogP) is 1.16. The van der Waals surface area contributed by atoms with Crippen LogP contribution in [0.5, 0.6) is 5.75 Å². The number of ether oxygens (including phenoxy) is 1. The second-order valence-electron chi connectivity index (χ2n) is 3.28. The molecule has 2 N–H and O–H groups in total. The SMILES string of the molecule is COc1c[c]cc2[nH]c(-c3nnn[nH]3)cc12. The third-order valence-corrected chi connectivity index (χ3v) is 2.38. The zero-order valence-electron chi connectivity index (χ0n) is 8.48. The Labute approximate surface area is 90.6 Å². The summed E-state index contributed by atoms with van der Waals surface area (Å²) in [7, 11) is 1.63. The molecule has 0 fully saturated rings. The molecule has 1 radical (unpaired) electrons. The topological polar surface area (TPSA) is 79.5 Å². The molecule has 2 aromatic heterocycles. The van der Waals surface area contributed by atoms with Crippen LogP contribution in [0.2, 0.25) is 0 Å². The number of methoxy groups -OCH3 is 1. The fourth-order valence-electron chi connectivity index (χ4n) is 1.64. The highest BCUT2D eigenvalue weighted by Crippen LogP contribution is 2.28. The lowest BCUT2D eigenvalue weighted by Crippen LogP contribution is -1.81. The lowest BCUT2D eigenvalue weighted by atomic mass is 10.2. The minimum Gasteiger partial charge on any atom is -0.496 e. The molecule has 16 heavy (non-hydrogen) atoms. The minimum absolute atomic E-state index is 0.596. The highest BCUT2D eigenvalue weighted by Gasteiger charge is 2.09. The minimum atomic E-state index is 0.596. The molecule has 2 heterocycles. The van der Waals surface area contributed by atoms with Gasteiger partial charge in [-0.2, -0.15) is 0 Å². The summed E-state index contributed by atoms with van der Waals surface area (Å²) in [4.78, 5) is 3.19. The van der Waals surface area contributed by atoms with Gasteiger partial charge in [0.2, 0.25) is 0 Å². The average molecular weight is 214 g/mol. The summed E-state index contributed by atoms with van der Waals surface area (Å²) in [6.45, 7) is 0. The largest absolute Gasteiger partial charge is 0.496 e. The van der Waals surface area contributed by atoms with Crippen molar-refractivity contribution < 1.29 is 4.74 Å². The van der Waals surface area contributed by atoms with Crippen LogP contribution < -0.4 is 4.74 Å². The van der Waals surface area contributed by atoms with E-state index in [0.29, 0.717) is 5.82 Å². The first-order valence-electron chi connectivity index (χ1n) is 4.69. The molecule has 0 amide bonds. The van der Waals surface area contributed by atoms with Crippen LogP contribution in [0.4, 0.5) is 0 Å². The Hall–Kier alpha value is -2.37. The van der Waals surface area contributed by atoms with Gasteiger partial charge in [0.05, 0.1) is 18.3 Å². The molecule has 0 saturated carbocycles. The zero-order valence-corrected chi connectivity index (χ0v) is 8.48. The van der Waals surface area contributed by atoms with Crippen LogP contribution in [-0.4, -0.2) is 32.7 Å². The molecule has 0 unspecified atom stereocenters. The molecule has 6 nitrogen and oxygen atoms in total.